The number of ether oxygens (including phenoxy) is 1. The Morgan fingerprint density at radius 2 is 1.85 bits per heavy atom. The Labute approximate surface area is 193 Å². The van der Waals surface area contributed by atoms with E-state index in [4.69, 9.17) is 10.5 Å². The number of nitrogens with two attached hydrogens (primary N) is 1. The lowest BCUT2D eigenvalue weighted by Crippen LogP contribution is -2.36. The number of aryl methyl sites for hydroxylation is 1. The quantitative estimate of drug-likeness (QED) is 0.301. The number of aliphatic hydroxyl groups is 1. The predicted octanol–water partition coefficient (Wildman–Crippen LogP) is 5.32. The third kappa shape index (κ3) is 6.72. The van der Waals surface area contributed by atoms with Gasteiger partial charge in [0.15, 0.2) is 0 Å². The summed E-state index contributed by atoms with van der Waals surface area (Å²) in [4.78, 5) is 0. The van der Waals surface area contributed by atoms with Gasteiger partial charge in [0.25, 0.3) is 0 Å². The van der Waals surface area contributed by atoms with E-state index < -0.39 is 17.3 Å². The minimum atomic E-state index is -4.61. The van der Waals surface area contributed by atoms with Gasteiger partial charge in [0.1, 0.15) is 21.6 Å². The lowest BCUT2D eigenvalue weighted by Gasteiger charge is -2.17. The molecule has 0 aliphatic carbocycles. The van der Waals surface area contributed by atoms with Gasteiger partial charge in [-0.1, -0.05) is 23.5 Å². The second-order valence-corrected chi connectivity index (χ2v) is 8.96. The number of hydrogen-bond acceptors (Lipinski definition) is 6. The zero-order chi connectivity index (χ0) is 24.1. The summed E-state index contributed by atoms with van der Waals surface area (Å²) in [6.45, 7) is 1.33. The number of benzene rings is 2. The number of unbranched alkanes of at least 4 members (excludes halogenated alkanes) is 2. The molecule has 1 atom stereocenters. The highest BCUT2D eigenvalue weighted by Crippen LogP contribution is 2.39. The van der Waals surface area contributed by atoms with Crippen molar-refractivity contribution in [1.82, 2.24) is 10.2 Å². The summed E-state index contributed by atoms with van der Waals surface area (Å²) in [6.07, 6.45) is -1.81. The number of alkyl halides is 3. The van der Waals surface area contributed by atoms with Crippen LogP contribution < -0.4 is 10.5 Å². The maximum absolute atomic E-state index is 13.6. The van der Waals surface area contributed by atoms with Gasteiger partial charge in [-0.3, -0.25) is 0 Å². The first-order valence-electron chi connectivity index (χ1n) is 10.4. The van der Waals surface area contributed by atoms with Crippen LogP contribution in [0.25, 0.3) is 10.6 Å². The molecule has 0 aliphatic heterocycles. The predicted molar refractivity (Wildman–Crippen MR) is 118 cm³/mol. The number of hydrogen-bond donors (Lipinski definition) is 2. The van der Waals surface area contributed by atoms with Crippen LogP contribution in [-0.4, -0.2) is 28.5 Å². The molecule has 3 aromatic rings. The Hall–Kier alpha value is -2.56. The van der Waals surface area contributed by atoms with Crippen LogP contribution in [0.2, 0.25) is 0 Å². The van der Waals surface area contributed by atoms with Crippen LogP contribution >= 0.6 is 11.3 Å². The van der Waals surface area contributed by atoms with Gasteiger partial charge in [-0.2, -0.15) is 13.2 Å². The van der Waals surface area contributed by atoms with Gasteiger partial charge in [0, 0.05) is 5.56 Å². The Balaban J connectivity index is 1.62. The van der Waals surface area contributed by atoms with E-state index in [0.29, 0.717) is 17.8 Å². The van der Waals surface area contributed by atoms with Crippen molar-refractivity contribution in [3.63, 3.8) is 0 Å². The van der Waals surface area contributed by atoms with Crippen molar-refractivity contribution < 1.29 is 27.4 Å². The standard InChI is InChI=1S/C23H25F4N3O2S/c1-22(28,14-31)21-30-29-20(33-21)16-9-10-19(18(13-16)23(25,26)27)32-11-4-2-3-6-15-7-5-8-17(24)12-15/h5,7-10,12-13,31H,2-4,6,11,14,28H2,1H3. The van der Waals surface area contributed by atoms with Crippen LogP contribution in [0.4, 0.5) is 17.6 Å². The van der Waals surface area contributed by atoms with E-state index in [1.54, 1.807) is 13.0 Å². The highest BCUT2D eigenvalue weighted by atomic mass is 32.1. The zero-order valence-electron chi connectivity index (χ0n) is 18.0. The summed E-state index contributed by atoms with van der Waals surface area (Å²) in [7, 11) is 0. The van der Waals surface area contributed by atoms with Crippen molar-refractivity contribution >= 4 is 11.3 Å². The van der Waals surface area contributed by atoms with E-state index in [0.717, 1.165) is 35.8 Å². The highest BCUT2D eigenvalue weighted by molar-refractivity contribution is 7.14. The summed E-state index contributed by atoms with van der Waals surface area (Å²) in [6, 6.07) is 10.1. The molecule has 0 aliphatic rings. The molecule has 178 valence electrons. The lowest BCUT2D eigenvalue weighted by molar-refractivity contribution is -0.138. The van der Waals surface area contributed by atoms with E-state index in [9.17, 15) is 22.7 Å². The van der Waals surface area contributed by atoms with Gasteiger partial charge in [0.2, 0.25) is 0 Å². The van der Waals surface area contributed by atoms with Crippen molar-refractivity contribution in [2.24, 2.45) is 5.73 Å². The number of aromatic nitrogens is 2. The largest absolute Gasteiger partial charge is 0.493 e. The summed E-state index contributed by atoms with van der Waals surface area (Å²) in [5, 5.41) is 17.8. The topological polar surface area (TPSA) is 81.3 Å². The van der Waals surface area contributed by atoms with Gasteiger partial charge in [-0.15, -0.1) is 10.2 Å². The zero-order valence-corrected chi connectivity index (χ0v) is 18.8. The monoisotopic (exact) mass is 483 g/mol. The van der Waals surface area contributed by atoms with E-state index in [2.05, 4.69) is 10.2 Å². The molecule has 33 heavy (non-hydrogen) atoms. The van der Waals surface area contributed by atoms with E-state index in [1.165, 1.54) is 24.3 Å². The van der Waals surface area contributed by atoms with Gasteiger partial charge in [-0.05, 0) is 68.5 Å². The molecular formula is C23H25F4N3O2S. The molecule has 0 saturated carbocycles. The van der Waals surface area contributed by atoms with Crippen LogP contribution in [0.3, 0.4) is 0 Å². The molecule has 5 nitrogen and oxygen atoms in total. The smallest absolute Gasteiger partial charge is 0.419 e. The molecule has 1 unspecified atom stereocenters. The van der Waals surface area contributed by atoms with Crippen LogP contribution in [-0.2, 0) is 18.1 Å². The fourth-order valence-electron chi connectivity index (χ4n) is 3.13. The summed E-state index contributed by atoms with van der Waals surface area (Å²) >= 11 is 1.03. The van der Waals surface area contributed by atoms with Crippen molar-refractivity contribution in [2.75, 3.05) is 13.2 Å². The van der Waals surface area contributed by atoms with Crippen molar-refractivity contribution in [2.45, 2.75) is 44.3 Å². The van der Waals surface area contributed by atoms with Crippen LogP contribution in [0, 0.1) is 5.82 Å². The van der Waals surface area contributed by atoms with Crippen molar-refractivity contribution in [1.29, 1.82) is 0 Å². The second kappa shape index (κ2) is 10.6. The first kappa shape index (κ1) is 25.1. The van der Waals surface area contributed by atoms with Gasteiger partial charge in [-0.25, -0.2) is 4.39 Å². The molecule has 0 radical (unpaired) electrons. The number of halogens is 4. The second-order valence-electron chi connectivity index (χ2n) is 7.99. The molecule has 0 spiro atoms. The minimum Gasteiger partial charge on any atom is -0.493 e. The van der Waals surface area contributed by atoms with E-state index in [-0.39, 0.29) is 35.4 Å². The third-order valence-corrected chi connectivity index (χ3v) is 6.28. The molecule has 3 rings (SSSR count). The van der Waals surface area contributed by atoms with Crippen LogP contribution in [0.1, 0.15) is 42.3 Å². The molecule has 0 bridgehead atoms. The van der Waals surface area contributed by atoms with E-state index >= 15 is 0 Å². The fraction of sp³-hybridized carbons (Fsp3) is 0.391. The normalized spacial score (nSPS) is 13.7. The molecule has 0 saturated heterocycles. The SMILES string of the molecule is CC(N)(CO)c1nnc(-c2ccc(OCCCCCc3cccc(F)c3)c(C(F)(F)F)c2)s1. The molecule has 0 fully saturated rings. The molecule has 2 aromatic carbocycles. The van der Waals surface area contributed by atoms with E-state index in [1.807, 2.05) is 6.07 Å². The first-order valence-corrected chi connectivity index (χ1v) is 11.2. The van der Waals surface area contributed by atoms with Gasteiger partial charge >= 0.3 is 6.18 Å². The number of rotatable bonds is 10. The average Bonchev–Trinajstić information content (AvgIpc) is 3.27. The molecule has 1 aromatic heterocycles. The molecule has 0 amide bonds. The molecular weight excluding hydrogens is 458 g/mol. The average molecular weight is 484 g/mol. The Morgan fingerprint density at radius 1 is 1.06 bits per heavy atom. The Morgan fingerprint density at radius 3 is 2.55 bits per heavy atom. The summed E-state index contributed by atoms with van der Waals surface area (Å²) in [5.74, 6) is -0.533. The number of nitrogens with zero attached hydrogens (tertiary/aromatic N) is 2. The summed E-state index contributed by atoms with van der Waals surface area (Å²) in [5.41, 5.74) is 5.03. The first-order chi connectivity index (χ1) is 15.6. The summed E-state index contributed by atoms with van der Waals surface area (Å²) < 4.78 is 59.6. The van der Waals surface area contributed by atoms with Crippen molar-refractivity contribution in [3.05, 3.63) is 64.4 Å². The maximum atomic E-state index is 13.6. The lowest BCUT2D eigenvalue weighted by atomic mass is 10.1. The molecule has 10 heteroatoms. The third-order valence-electron chi connectivity index (χ3n) is 5.03. The Kier molecular flexibility index (Phi) is 8.04. The number of aliphatic hydroxyl groups excluding tert-OH is 1. The fourth-order valence-corrected chi connectivity index (χ4v) is 4.02. The molecule has 3 N–H and O–H groups in total. The maximum Gasteiger partial charge on any atom is 0.419 e. The minimum absolute atomic E-state index is 0.135. The van der Waals surface area contributed by atoms with Crippen LogP contribution in [0.5, 0.6) is 5.75 Å². The molecule has 1 heterocycles. The van der Waals surface area contributed by atoms with Gasteiger partial charge < -0.3 is 15.6 Å². The van der Waals surface area contributed by atoms with Gasteiger partial charge in [0.05, 0.1) is 24.3 Å². The van der Waals surface area contributed by atoms with Crippen molar-refractivity contribution in [3.8, 4) is 16.3 Å². The van der Waals surface area contributed by atoms with Crippen LogP contribution in [0.15, 0.2) is 42.5 Å². The highest BCUT2D eigenvalue weighted by Gasteiger charge is 2.35. The Bertz CT molecular complexity index is 1070.